The van der Waals surface area contributed by atoms with Gasteiger partial charge in [-0.05, 0) is 29.1 Å². The second kappa shape index (κ2) is 6.17. The topological polar surface area (TPSA) is 15.6 Å². The number of hydrogen-bond donors (Lipinski definition) is 0. The van der Waals surface area contributed by atoms with E-state index in [4.69, 9.17) is 0 Å². The van der Waals surface area contributed by atoms with E-state index in [1.165, 1.54) is 12.1 Å². The number of halogens is 2. The predicted molar refractivity (Wildman–Crippen MR) is 93.5 cm³/mol. The lowest BCUT2D eigenvalue weighted by Gasteiger charge is -2.24. The Labute approximate surface area is 142 Å². The Morgan fingerprint density at radius 3 is 2.54 bits per heavy atom. The molecule has 2 heterocycles. The van der Waals surface area contributed by atoms with Gasteiger partial charge in [0.2, 0.25) is 0 Å². The van der Waals surface area contributed by atoms with Crippen LogP contribution in [0.1, 0.15) is 22.9 Å². The molecule has 1 unspecified atom stereocenters. The van der Waals surface area contributed by atoms with Gasteiger partial charge in [0.05, 0.1) is 22.3 Å². The van der Waals surface area contributed by atoms with Crippen LogP contribution in [0.25, 0.3) is 0 Å². The van der Waals surface area contributed by atoms with Crippen LogP contribution < -0.4 is 5.01 Å². The van der Waals surface area contributed by atoms with Crippen LogP contribution in [0, 0.1) is 11.6 Å². The van der Waals surface area contributed by atoms with Gasteiger partial charge in [-0.3, -0.25) is 5.01 Å². The van der Waals surface area contributed by atoms with E-state index in [2.05, 4.69) is 5.10 Å². The van der Waals surface area contributed by atoms with Crippen LogP contribution in [-0.4, -0.2) is 5.71 Å². The molecule has 0 fully saturated rings. The molecule has 0 amide bonds. The standard InChI is InChI=1S/C19H14F2N2S/c20-14-8-9-17(15(21)11-14)23-18(13-5-2-1-3-6-13)12-16(22-23)19-7-4-10-24-19/h1-11,18H,12H2. The van der Waals surface area contributed by atoms with Crippen molar-refractivity contribution in [2.24, 2.45) is 5.10 Å². The van der Waals surface area contributed by atoms with Gasteiger partial charge in [0, 0.05) is 12.5 Å². The third-order valence-electron chi connectivity index (χ3n) is 4.06. The first-order valence-corrected chi connectivity index (χ1v) is 8.51. The van der Waals surface area contributed by atoms with Gasteiger partial charge >= 0.3 is 0 Å². The van der Waals surface area contributed by atoms with Crippen LogP contribution in [0.5, 0.6) is 0 Å². The van der Waals surface area contributed by atoms with Gasteiger partial charge in [-0.1, -0.05) is 36.4 Å². The summed E-state index contributed by atoms with van der Waals surface area (Å²) >= 11 is 1.61. The zero-order chi connectivity index (χ0) is 16.5. The Bertz CT molecular complexity index is 876. The molecule has 1 atom stereocenters. The molecule has 5 heteroatoms. The van der Waals surface area contributed by atoms with Crippen molar-refractivity contribution in [3.8, 4) is 0 Å². The van der Waals surface area contributed by atoms with Crippen molar-refractivity contribution in [2.75, 3.05) is 5.01 Å². The molecule has 0 saturated heterocycles. The first kappa shape index (κ1) is 15.0. The van der Waals surface area contributed by atoms with E-state index in [0.29, 0.717) is 6.42 Å². The number of rotatable bonds is 3. The summed E-state index contributed by atoms with van der Waals surface area (Å²) in [7, 11) is 0. The monoisotopic (exact) mass is 340 g/mol. The largest absolute Gasteiger partial charge is 0.254 e. The van der Waals surface area contributed by atoms with Gasteiger partial charge in [-0.2, -0.15) is 5.10 Å². The van der Waals surface area contributed by atoms with Crippen molar-refractivity contribution in [3.63, 3.8) is 0 Å². The summed E-state index contributed by atoms with van der Waals surface area (Å²) in [4.78, 5) is 1.07. The third kappa shape index (κ3) is 2.71. The number of hydrogen-bond acceptors (Lipinski definition) is 3. The third-order valence-corrected chi connectivity index (χ3v) is 4.98. The van der Waals surface area contributed by atoms with Gasteiger partial charge in [-0.15, -0.1) is 11.3 Å². The molecule has 120 valence electrons. The van der Waals surface area contributed by atoms with Crippen molar-refractivity contribution < 1.29 is 8.78 Å². The predicted octanol–water partition coefficient (Wildman–Crippen LogP) is 5.38. The molecule has 1 aromatic heterocycles. The number of benzene rings is 2. The normalized spacial score (nSPS) is 17.2. The van der Waals surface area contributed by atoms with E-state index in [1.807, 2.05) is 47.8 Å². The molecule has 1 aliphatic rings. The molecule has 0 saturated carbocycles. The Morgan fingerprint density at radius 1 is 1.00 bits per heavy atom. The lowest BCUT2D eigenvalue weighted by Crippen LogP contribution is -2.19. The average molecular weight is 340 g/mol. The van der Waals surface area contributed by atoms with E-state index in [0.717, 1.165) is 22.2 Å². The molecular weight excluding hydrogens is 326 g/mol. The molecule has 0 aliphatic carbocycles. The average Bonchev–Trinajstić information content (AvgIpc) is 3.25. The fraction of sp³-hybridized carbons (Fsp3) is 0.105. The number of hydrazone groups is 1. The van der Waals surface area contributed by atoms with E-state index >= 15 is 0 Å². The molecule has 0 bridgehead atoms. The van der Waals surface area contributed by atoms with Gasteiger partial charge in [0.15, 0.2) is 5.82 Å². The maximum atomic E-state index is 14.3. The van der Waals surface area contributed by atoms with Crippen molar-refractivity contribution in [1.82, 2.24) is 0 Å². The van der Waals surface area contributed by atoms with Crippen molar-refractivity contribution in [1.29, 1.82) is 0 Å². The first-order chi connectivity index (χ1) is 11.7. The molecule has 0 spiro atoms. The van der Waals surface area contributed by atoms with Crippen molar-refractivity contribution in [2.45, 2.75) is 12.5 Å². The Kier molecular flexibility index (Phi) is 3.86. The fourth-order valence-electron chi connectivity index (χ4n) is 2.93. The quantitative estimate of drug-likeness (QED) is 0.625. The minimum absolute atomic E-state index is 0.108. The van der Waals surface area contributed by atoms with Crippen LogP contribution in [-0.2, 0) is 0 Å². The van der Waals surface area contributed by atoms with Crippen LogP contribution in [0.3, 0.4) is 0 Å². The zero-order valence-electron chi connectivity index (χ0n) is 12.7. The van der Waals surface area contributed by atoms with Gasteiger partial charge in [0.1, 0.15) is 5.82 Å². The molecular formula is C19H14F2N2S. The number of anilines is 1. The zero-order valence-corrected chi connectivity index (χ0v) is 13.5. The Hall–Kier alpha value is -2.53. The van der Waals surface area contributed by atoms with Crippen LogP contribution in [0.2, 0.25) is 0 Å². The van der Waals surface area contributed by atoms with Crippen LogP contribution in [0.15, 0.2) is 71.1 Å². The minimum Gasteiger partial charge on any atom is -0.254 e. The molecule has 0 N–H and O–H groups in total. The minimum atomic E-state index is -0.605. The number of nitrogens with zero attached hydrogens (tertiary/aromatic N) is 2. The summed E-state index contributed by atoms with van der Waals surface area (Å²) in [5.41, 5.74) is 2.26. The summed E-state index contributed by atoms with van der Waals surface area (Å²) in [5, 5.41) is 8.31. The maximum absolute atomic E-state index is 14.3. The Balaban J connectivity index is 1.79. The summed E-state index contributed by atoms with van der Waals surface area (Å²) in [5.74, 6) is -1.19. The summed E-state index contributed by atoms with van der Waals surface area (Å²) in [6.45, 7) is 0. The lowest BCUT2D eigenvalue weighted by atomic mass is 10.0. The van der Waals surface area contributed by atoms with Crippen molar-refractivity contribution >= 4 is 22.7 Å². The van der Waals surface area contributed by atoms with Crippen LogP contribution in [0.4, 0.5) is 14.5 Å². The lowest BCUT2D eigenvalue weighted by molar-refractivity contribution is 0.573. The smallest absolute Gasteiger partial charge is 0.151 e. The molecule has 24 heavy (non-hydrogen) atoms. The maximum Gasteiger partial charge on any atom is 0.151 e. The molecule has 0 radical (unpaired) electrons. The van der Waals surface area contributed by atoms with E-state index in [1.54, 1.807) is 16.3 Å². The second-order valence-corrected chi connectivity index (χ2v) is 6.54. The van der Waals surface area contributed by atoms with Crippen molar-refractivity contribution in [3.05, 3.63) is 88.1 Å². The fourth-order valence-corrected chi connectivity index (χ4v) is 3.65. The summed E-state index contributed by atoms with van der Waals surface area (Å²) in [6, 6.07) is 17.4. The summed E-state index contributed by atoms with van der Waals surface area (Å²) < 4.78 is 27.6. The Morgan fingerprint density at radius 2 is 1.83 bits per heavy atom. The van der Waals surface area contributed by atoms with Crippen LogP contribution >= 0.6 is 11.3 Å². The molecule has 3 aromatic rings. The van der Waals surface area contributed by atoms with Gasteiger partial charge < -0.3 is 0 Å². The highest BCUT2D eigenvalue weighted by Crippen LogP contribution is 2.38. The highest BCUT2D eigenvalue weighted by molar-refractivity contribution is 7.12. The molecule has 2 nitrogen and oxygen atoms in total. The highest BCUT2D eigenvalue weighted by atomic mass is 32.1. The van der Waals surface area contributed by atoms with Gasteiger partial charge in [-0.25, -0.2) is 8.78 Å². The molecule has 2 aromatic carbocycles. The first-order valence-electron chi connectivity index (χ1n) is 7.63. The highest BCUT2D eigenvalue weighted by Gasteiger charge is 2.31. The number of thiophene rings is 1. The second-order valence-electron chi connectivity index (χ2n) is 5.59. The SMILES string of the molecule is Fc1ccc(N2N=C(c3cccs3)CC2c2ccccc2)c(F)c1. The molecule has 4 rings (SSSR count). The van der Waals surface area contributed by atoms with E-state index < -0.39 is 11.6 Å². The summed E-state index contributed by atoms with van der Waals surface area (Å²) in [6.07, 6.45) is 0.682. The van der Waals surface area contributed by atoms with E-state index in [9.17, 15) is 8.78 Å². The molecule has 1 aliphatic heterocycles. The van der Waals surface area contributed by atoms with Gasteiger partial charge in [0.25, 0.3) is 0 Å². The van der Waals surface area contributed by atoms with E-state index in [-0.39, 0.29) is 11.7 Å².